The van der Waals surface area contributed by atoms with Crippen LogP contribution in [0.4, 0.5) is 5.69 Å². The van der Waals surface area contributed by atoms with Crippen LogP contribution in [0.25, 0.3) is 5.65 Å². The highest BCUT2D eigenvalue weighted by Gasteiger charge is 2.17. The van der Waals surface area contributed by atoms with Crippen LogP contribution in [0.15, 0.2) is 42.6 Å². The number of methoxy groups -OCH3 is 2. The van der Waals surface area contributed by atoms with Gasteiger partial charge in [0, 0.05) is 18.0 Å². The van der Waals surface area contributed by atoms with Gasteiger partial charge < -0.3 is 14.8 Å². The van der Waals surface area contributed by atoms with E-state index in [-0.39, 0.29) is 5.91 Å². The zero-order chi connectivity index (χ0) is 16.4. The molecule has 0 bridgehead atoms. The molecule has 3 aromatic rings. The van der Waals surface area contributed by atoms with Gasteiger partial charge in [0.25, 0.3) is 5.91 Å². The summed E-state index contributed by atoms with van der Waals surface area (Å²) in [5.41, 5.74) is 2.55. The molecule has 6 heteroatoms. The van der Waals surface area contributed by atoms with Crippen molar-refractivity contribution in [2.75, 3.05) is 19.5 Å². The van der Waals surface area contributed by atoms with Crippen molar-refractivity contribution in [3.8, 4) is 11.5 Å². The monoisotopic (exact) mass is 311 g/mol. The Labute approximate surface area is 133 Å². The average molecular weight is 311 g/mol. The van der Waals surface area contributed by atoms with E-state index in [0.717, 1.165) is 5.65 Å². The average Bonchev–Trinajstić information content (AvgIpc) is 2.90. The third-order valence-electron chi connectivity index (χ3n) is 3.56. The van der Waals surface area contributed by atoms with Crippen LogP contribution in [0, 0.1) is 6.92 Å². The van der Waals surface area contributed by atoms with Gasteiger partial charge in [-0.2, -0.15) is 0 Å². The molecular weight excluding hydrogens is 294 g/mol. The second kappa shape index (κ2) is 6.00. The van der Waals surface area contributed by atoms with Crippen LogP contribution >= 0.6 is 0 Å². The van der Waals surface area contributed by atoms with Gasteiger partial charge in [-0.25, -0.2) is 4.98 Å². The minimum absolute atomic E-state index is 0.228. The molecule has 0 aliphatic heterocycles. The van der Waals surface area contributed by atoms with Gasteiger partial charge >= 0.3 is 0 Å². The summed E-state index contributed by atoms with van der Waals surface area (Å²) in [4.78, 5) is 17.0. The molecule has 0 spiro atoms. The summed E-state index contributed by atoms with van der Waals surface area (Å²) in [5, 5.41) is 2.87. The predicted molar refractivity (Wildman–Crippen MR) is 87.4 cm³/mol. The van der Waals surface area contributed by atoms with Gasteiger partial charge in [0.1, 0.15) is 11.3 Å². The van der Waals surface area contributed by atoms with Crippen LogP contribution in [0.2, 0.25) is 0 Å². The molecule has 1 aromatic carbocycles. The molecule has 23 heavy (non-hydrogen) atoms. The van der Waals surface area contributed by atoms with Crippen LogP contribution < -0.4 is 14.8 Å². The van der Waals surface area contributed by atoms with Gasteiger partial charge in [-0.15, -0.1) is 0 Å². The van der Waals surface area contributed by atoms with E-state index in [1.165, 1.54) is 0 Å². The van der Waals surface area contributed by atoms with E-state index in [0.29, 0.717) is 28.6 Å². The molecule has 0 atom stereocenters. The summed E-state index contributed by atoms with van der Waals surface area (Å²) in [5.74, 6) is 0.935. The second-order valence-corrected chi connectivity index (χ2v) is 5.00. The molecule has 0 saturated heterocycles. The molecule has 0 fully saturated rings. The fourth-order valence-electron chi connectivity index (χ4n) is 2.49. The van der Waals surface area contributed by atoms with E-state index in [2.05, 4.69) is 10.3 Å². The number of aromatic nitrogens is 2. The Morgan fingerprint density at radius 2 is 1.91 bits per heavy atom. The lowest BCUT2D eigenvalue weighted by atomic mass is 10.2. The molecule has 0 unspecified atom stereocenters. The lowest BCUT2D eigenvalue weighted by Gasteiger charge is -2.10. The first-order valence-electron chi connectivity index (χ1n) is 7.11. The van der Waals surface area contributed by atoms with Crippen molar-refractivity contribution in [1.29, 1.82) is 0 Å². The SMILES string of the molecule is COc1ccc(NC(=O)c2c(C)nc3ccccn23)cc1OC. The molecule has 0 aliphatic rings. The smallest absolute Gasteiger partial charge is 0.274 e. The van der Waals surface area contributed by atoms with Crippen LogP contribution in [0.1, 0.15) is 16.2 Å². The Balaban J connectivity index is 1.93. The number of amides is 1. The molecular formula is C17H17N3O3. The fraction of sp³-hybridized carbons (Fsp3) is 0.176. The van der Waals surface area contributed by atoms with Gasteiger partial charge in [0.05, 0.1) is 19.9 Å². The van der Waals surface area contributed by atoms with Crippen molar-refractivity contribution in [3.63, 3.8) is 0 Å². The van der Waals surface area contributed by atoms with Crippen LogP contribution in [-0.4, -0.2) is 29.5 Å². The summed E-state index contributed by atoms with van der Waals surface area (Å²) in [6.45, 7) is 1.82. The summed E-state index contributed by atoms with van der Waals surface area (Å²) in [7, 11) is 3.12. The Hall–Kier alpha value is -3.02. The van der Waals surface area contributed by atoms with E-state index in [1.54, 1.807) is 36.8 Å². The summed E-state index contributed by atoms with van der Waals surface area (Å²) in [6, 6.07) is 10.8. The lowest BCUT2D eigenvalue weighted by Crippen LogP contribution is -2.15. The number of aryl methyl sites for hydroxylation is 1. The van der Waals surface area contributed by atoms with Gasteiger partial charge in [-0.1, -0.05) is 6.07 Å². The first kappa shape index (κ1) is 14.9. The molecule has 2 heterocycles. The fourth-order valence-corrected chi connectivity index (χ4v) is 2.49. The van der Waals surface area contributed by atoms with Crippen molar-refractivity contribution in [3.05, 3.63) is 54.0 Å². The number of benzene rings is 1. The maximum absolute atomic E-state index is 12.6. The number of fused-ring (bicyclic) bond motifs is 1. The molecule has 0 radical (unpaired) electrons. The molecule has 3 rings (SSSR count). The number of nitrogens with zero attached hydrogens (tertiary/aromatic N) is 2. The molecule has 1 N–H and O–H groups in total. The third kappa shape index (κ3) is 2.70. The lowest BCUT2D eigenvalue weighted by molar-refractivity contribution is 0.102. The number of anilines is 1. The number of carbonyl (C=O) groups is 1. The van der Waals surface area contributed by atoms with Crippen LogP contribution in [0.3, 0.4) is 0 Å². The van der Waals surface area contributed by atoms with Gasteiger partial charge in [-0.05, 0) is 31.2 Å². The maximum atomic E-state index is 12.6. The third-order valence-corrected chi connectivity index (χ3v) is 3.56. The van der Waals surface area contributed by atoms with E-state index in [1.807, 2.05) is 31.3 Å². The zero-order valence-corrected chi connectivity index (χ0v) is 13.2. The quantitative estimate of drug-likeness (QED) is 0.804. The standard InChI is InChI=1S/C17H17N3O3/c1-11-16(20-9-5-4-6-15(20)18-11)17(21)19-12-7-8-13(22-2)14(10-12)23-3/h4-10H,1-3H3,(H,19,21). The van der Waals surface area contributed by atoms with Gasteiger partial charge in [0.2, 0.25) is 0 Å². The molecule has 0 saturated carbocycles. The van der Waals surface area contributed by atoms with E-state index < -0.39 is 0 Å². The summed E-state index contributed by atoms with van der Waals surface area (Å²) in [6.07, 6.45) is 1.82. The number of hydrogen-bond donors (Lipinski definition) is 1. The van der Waals surface area contributed by atoms with E-state index >= 15 is 0 Å². The number of hydrogen-bond acceptors (Lipinski definition) is 4. The number of pyridine rings is 1. The Morgan fingerprint density at radius 1 is 1.13 bits per heavy atom. The van der Waals surface area contributed by atoms with Gasteiger partial charge in [-0.3, -0.25) is 9.20 Å². The first-order chi connectivity index (χ1) is 11.1. The minimum Gasteiger partial charge on any atom is -0.493 e. The zero-order valence-electron chi connectivity index (χ0n) is 13.2. The predicted octanol–water partition coefficient (Wildman–Crippen LogP) is 2.91. The normalized spacial score (nSPS) is 10.6. The molecule has 118 valence electrons. The van der Waals surface area contributed by atoms with E-state index in [4.69, 9.17) is 9.47 Å². The Bertz CT molecular complexity index is 871. The largest absolute Gasteiger partial charge is 0.493 e. The maximum Gasteiger partial charge on any atom is 0.274 e. The van der Waals surface area contributed by atoms with Crippen LogP contribution in [-0.2, 0) is 0 Å². The Kier molecular flexibility index (Phi) is 3.89. The molecule has 6 nitrogen and oxygen atoms in total. The topological polar surface area (TPSA) is 64.9 Å². The molecule has 0 aliphatic carbocycles. The Morgan fingerprint density at radius 3 is 2.65 bits per heavy atom. The van der Waals surface area contributed by atoms with Crippen molar-refractivity contribution in [2.24, 2.45) is 0 Å². The number of carbonyl (C=O) groups excluding carboxylic acids is 1. The molecule has 2 aromatic heterocycles. The number of ether oxygens (including phenoxy) is 2. The first-order valence-corrected chi connectivity index (χ1v) is 7.11. The van der Waals surface area contributed by atoms with E-state index in [9.17, 15) is 4.79 Å². The van der Waals surface area contributed by atoms with Crippen LogP contribution in [0.5, 0.6) is 11.5 Å². The second-order valence-electron chi connectivity index (χ2n) is 5.00. The highest BCUT2D eigenvalue weighted by molar-refractivity contribution is 6.04. The highest BCUT2D eigenvalue weighted by Crippen LogP contribution is 2.30. The minimum atomic E-state index is -0.228. The van der Waals surface area contributed by atoms with Crippen molar-refractivity contribution >= 4 is 17.2 Å². The molecule has 1 amide bonds. The highest BCUT2D eigenvalue weighted by atomic mass is 16.5. The summed E-state index contributed by atoms with van der Waals surface area (Å²) < 4.78 is 12.2. The summed E-state index contributed by atoms with van der Waals surface area (Å²) >= 11 is 0. The number of rotatable bonds is 4. The van der Waals surface area contributed by atoms with Gasteiger partial charge in [0.15, 0.2) is 11.5 Å². The number of imidazole rings is 1. The van der Waals surface area contributed by atoms with Crippen molar-refractivity contribution < 1.29 is 14.3 Å². The number of nitrogens with one attached hydrogen (secondary N) is 1. The van der Waals surface area contributed by atoms with Crippen molar-refractivity contribution in [2.45, 2.75) is 6.92 Å². The van der Waals surface area contributed by atoms with Crippen molar-refractivity contribution in [1.82, 2.24) is 9.38 Å².